The lowest BCUT2D eigenvalue weighted by Crippen LogP contribution is -2.17. The van der Waals surface area contributed by atoms with E-state index in [9.17, 15) is 16.8 Å². The molecular weight excluding hydrogens is 314 g/mol. The van der Waals surface area contributed by atoms with Crippen molar-refractivity contribution in [2.24, 2.45) is 0 Å². The van der Waals surface area contributed by atoms with Crippen molar-refractivity contribution in [1.82, 2.24) is 15.2 Å². The van der Waals surface area contributed by atoms with Crippen LogP contribution < -0.4 is 0 Å². The lowest BCUT2D eigenvalue weighted by molar-refractivity contribution is 0.583. The number of nitrogens with zero attached hydrogens (tertiary/aromatic N) is 3. The van der Waals surface area contributed by atoms with Gasteiger partial charge in [0, 0.05) is 10.7 Å². The van der Waals surface area contributed by atoms with Crippen molar-refractivity contribution in [2.75, 3.05) is 11.5 Å². The van der Waals surface area contributed by atoms with Crippen LogP contribution in [0.25, 0.3) is 11.0 Å². The average molecular weight is 322 g/mol. The Balaban J connectivity index is 2.38. The van der Waals surface area contributed by atoms with Gasteiger partial charge in [-0.1, -0.05) is 12.1 Å². The minimum absolute atomic E-state index is 0.366. The molecule has 19 heavy (non-hydrogen) atoms. The Hall–Kier alpha value is -1.32. The third-order valence-corrected chi connectivity index (χ3v) is 5.10. The number of hydrogen-bond acceptors (Lipinski definition) is 7. The first-order valence-electron chi connectivity index (χ1n) is 5.02. The summed E-state index contributed by atoms with van der Waals surface area (Å²) in [7, 11) is -2.85. The standard InChI is InChI=1S/C9H8ClN3O4S2/c10-19(16,17)6-5-18(14,15)9-11-7-3-1-2-4-8(7)12-13-9/h1-4H,5-6H2. The zero-order valence-corrected chi connectivity index (χ0v) is 11.8. The first kappa shape index (κ1) is 14.1. The average Bonchev–Trinajstić information content (AvgIpc) is 2.35. The van der Waals surface area contributed by atoms with E-state index in [-0.39, 0.29) is 0 Å². The summed E-state index contributed by atoms with van der Waals surface area (Å²) < 4.78 is 45.2. The number of aromatic nitrogens is 3. The Bertz CT molecular complexity index is 820. The SMILES string of the molecule is O=S(=O)(Cl)CCS(=O)(=O)c1nnc2ccccc2n1. The van der Waals surface area contributed by atoms with E-state index in [1.54, 1.807) is 24.3 Å². The van der Waals surface area contributed by atoms with Crippen molar-refractivity contribution < 1.29 is 16.8 Å². The van der Waals surface area contributed by atoms with Crippen molar-refractivity contribution >= 4 is 40.6 Å². The highest BCUT2D eigenvalue weighted by Gasteiger charge is 2.22. The van der Waals surface area contributed by atoms with E-state index in [2.05, 4.69) is 15.2 Å². The molecule has 0 spiro atoms. The largest absolute Gasteiger partial charge is 0.268 e. The topological polar surface area (TPSA) is 107 Å². The zero-order chi connectivity index (χ0) is 14.1. The normalized spacial score (nSPS) is 12.7. The Labute approximate surface area is 114 Å². The molecule has 1 heterocycles. The van der Waals surface area contributed by atoms with Gasteiger partial charge in [0.05, 0.1) is 17.0 Å². The van der Waals surface area contributed by atoms with Gasteiger partial charge in [-0.25, -0.2) is 21.8 Å². The van der Waals surface area contributed by atoms with Crippen LogP contribution in [0.2, 0.25) is 0 Å². The summed E-state index contributed by atoms with van der Waals surface area (Å²) in [6.45, 7) is 0. The molecule has 0 amide bonds. The zero-order valence-electron chi connectivity index (χ0n) is 9.39. The van der Waals surface area contributed by atoms with Gasteiger partial charge in [0.1, 0.15) is 5.52 Å². The molecule has 0 N–H and O–H groups in total. The summed E-state index contributed by atoms with van der Waals surface area (Å²) >= 11 is 0. The predicted molar refractivity (Wildman–Crippen MR) is 69.0 cm³/mol. The van der Waals surface area contributed by atoms with Crippen LogP contribution in [0.1, 0.15) is 0 Å². The second kappa shape index (κ2) is 4.99. The monoisotopic (exact) mass is 321 g/mol. The molecule has 0 aliphatic heterocycles. The number of para-hydroxylation sites is 1. The molecule has 7 nitrogen and oxygen atoms in total. The van der Waals surface area contributed by atoms with Crippen molar-refractivity contribution in [3.05, 3.63) is 24.3 Å². The Kier molecular flexibility index (Phi) is 3.70. The van der Waals surface area contributed by atoms with Gasteiger partial charge in [-0.05, 0) is 12.1 Å². The minimum atomic E-state index is -3.93. The molecule has 0 atom stereocenters. The third-order valence-electron chi connectivity index (χ3n) is 2.22. The molecule has 0 unspecified atom stereocenters. The maximum atomic E-state index is 11.8. The van der Waals surface area contributed by atoms with Crippen LogP contribution >= 0.6 is 10.7 Å². The highest BCUT2D eigenvalue weighted by molar-refractivity contribution is 8.14. The molecule has 0 radical (unpaired) electrons. The van der Waals surface area contributed by atoms with Crippen LogP contribution in [-0.2, 0) is 18.9 Å². The third kappa shape index (κ3) is 3.58. The fraction of sp³-hybridized carbons (Fsp3) is 0.222. The van der Waals surface area contributed by atoms with E-state index in [0.717, 1.165) is 0 Å². The van der Waals surface area contributed by atoms with Crippen LogP contribution in [0.4, 0.5) is 0 Å². The highest BCUT2D eigenvalue weighted by atomic mass is 35.7. The van der Waals surface area contributed by atoms with Crippen LogP contribution in [0.5, 0.6) is 0 Å². The number of sulfone groups is 1. The minimum Gasteiger partial charge on any atom is -0.220 e. The number of rotatable bonds is 4. The number of fused-ring (bicyclic) bond motifs is 1. The fourth-order valence-electron chi connectivity index (χ4n) is 1.30. The summed E-state index contributed by atoms with van der Waals surface area (Å²) in [6, 6.07) is 6.61. The lowest BCUT2D eigenvalue weighted by Gasteiger charge is -2.01. The molecule has 0 bridgehead atoms. The van der Waals surface area contributed by atoms with Gasteiger partial charge in [0.2, 0.25) is 18.9 Å². The van der Waals surface area contributed by atoms with Crippen LogP contribution in [0, 0.1) is 0 Å². The van der Waals surface area contributed by atoms with Crippen molar-refractivity contribution in [3.8, 4) is 0 Å². The Morgan fingerprint density at radius 1 is 0.947 bits per heavy atom. The summed E-state index contributed by atoms with van der Waals surface area (Å²) in [5, 5.41) is 6.70. The predicted octanol–water partition coefficient (Wildman–Crippen LogP) is 0.367. The maximum Gasteiger partial charge on any atom is 0.268 e. The molecule has 2 aromatic rings. The van der Waals surface area contributed by atoms with E-state index < -0.39 is 35.6 Å². The van der Waals surface area contributed by atoms with Gasteiger partial charge in [-0.2, -0.15) is 0 Å². The Morgan fingerprint density at radius 2 is 1.58 bits per heavy atom. The molecule has 0 saturated heterocycles. The summed E-state index contributed by atoms with van der Waals surface area (Å²) in [5.74, 6) is -1.38. The Morgan fingerprint density at radius 3 is 2.21 bits per heavy atom. The summed E-state index contributed by atoms with van der Waals surface area (Å²) in [6.07, 6.45) is 0. The van der Waals surface area contributed by atoms with Gasteiger partial charge in [-0.15, -0.1) is 10.2 Å². The van der Waals surface area contributed by atoms with E-state index in [0.29, 0.717) is 11.0 Å². The second-order valence-corrected chi connectivity index (χ2v) is 8.54. The van der Waals surface area contributed by atoms with E-state index in [4.69, 9.17) is 10.7 Å². The number of benzene rings is 1. The van der Waals surface area contributed by atoms with Crippen LogP contribution in [0.15, 0.2) is 29.4 Å². The number of halogens is 1. The van der Waals surface area contributed by atoms with Crippen molar-refractivity contribution in [2.45, 2.75) is 5.16 Å². The fourth-order valence-corrected chi connectivity index (χ4v) is 4.12. The maximum absolute atomic E-state index is 11.8. The first-order valence-corrected chi connectivity index (χ1v) is 9.15. The molecule has 10 heteroatoms. The highest BCUT2D eigenvalue weighted by Crippen LogP contribution is 2.11. The smallest absolute Gasteiger partial charge is 0.220 e. The van der Waals surface area contributed by atoms with E-state index in [1.165, 1.54) is 0 Å². The van der Waals surface area contributed by atoms with E-state index in [1.807, 2.05) is 0 Å². The van der Waals surface area contributed by atoms with Crippen LogP contribution in [-0.4, -0.2) is 43.5 Å². The molecular formula is C9H8ClN3O4S2. The van der Waals surface area contributed by atoms with Crippen LogP contribution in [0.3, 0.4) is 0 Å². The molecule has 0 fully saturated rings. The summed E-state index contributed by atoms with van der Waals surface area (Å²) in [4.78, 5) is 3.85. The molecule has 1 aromatic heterocycles. The lowest BCUT2D eigenvalue weighted by atomic mass is 10.3. The quantitative estimate of drug-likeness (QED) is 0.748. The summed E-state index contributed by atoms with van der Waals surface area (Å²) in [5.41, 5.74) is 0.816. The number of hydrogen-bond donors (Lipinski definition) is 0. The first-order chi connectivity index (χ1) is 8.78. The van der Waals surface area contributed by atoms with Gasteiger partial charge < -0.3 is 0 Å². The van der Waals surface area contributed by atoms with Gasteiger partial charge >= 0.3 is 0 Å². The van der Waals surface area contributed by atoms with Crippen molar-refractivity contribution in [1.29, 1.82) is 0 Å². The molecule has 0 saturated carbocycles. The van der Waals surface area contributed by atoms with Gasteiger partial charge in [-0.3, -0.25) is 0 Å². The van der Waals surface area contributed by atoms with E-state index >= 15 is 0 Å². The van der Waals surface area contributed by atoms with Gasteiger partial charge in [0.25, 0.3) is 5.16 Å². The molecule has 102 valence electrons. The second-order valence-electron chi connectivity index (χ2n) is 3.64. The van der Waals surface area contributed by atoms with Gasteiger partial charge in [0.15, 0.2) is 0 Å². The molecule has 1 aromatic carbocycles. The molecule has 2 rings (SSSR count). The molecule has 0 aliphatic rings. The van der Waals surface area contributed by atoms with Crippen molar-refractivity contribution in [3.63, 3.8) is 0 Å². The molecule has 0 aliphatic carbocycles.